The molecule has 0 bridgehead atoms. The first-order valence-electron chi connectivity index (χ1n) is 7.28. The van der Waals surface area contributed by atoms with Gasteiger partial charge in [-0.25, -0.2) is 0 Å². The summed E-state index contributed by atoms with van der Waals surface area (Å²) in [5.74, 6) is 0.0106. The number of benzene rings is 2. The van der Waals surface area contributed by atoms with Crippen molar-refractivity contribution in [3.63, 3.8) is 0 Å². The molecule has 10 heteroatoms. The number of hydrogen-bond donors (Lipinski definition) is 1. The van der Waals surface area contributed by atoms with Gasteiger partial charge >= 0.3 is 0 Å². The Kier molecular flexibility index (Phi) is 5.49. The largest absolute Gasteiger partial charge is 0.411 e. The Morgan fingerprint density at radius 3 is 2.62 bits per heavy atom. The van der Waals surface area contributed by atoms with Crippen LogP contribution in [0.3, 0.4) is 0 Å². The Morgan fingerprint density at radius 2 is 1.92 bits per heavy atom. The summed E-state index contributed by atoms with van der Waals surface area (Å²) in [5, 5.41) is 21.8. The maximum Gasteiger partial charge on any atom is 0.277 e. The number of nitrogens with zero attached hydrogens (tertiary/aromatic N) is 3. The lowest BCUT2D eigenvalue weighted by Gasteiger charge is -2.03. The minimum Gasteiger partial charge on any atom is -0.411 e. The van der Waals surface area contributed by atoms with Crippen molar-refractivity contribution < 1.29 is 14.1 Å². The molecule has 3 aromatic rings. The van der Waals surface area contributed by atoms with Gasteiger partial charge in [-0.05, 0) is 24.3 Å². The van der Waals surface area contributed by atoms with Crippen LogP contribution in [-0.4, -0.2) is 26.8 Å². The Morgan fingerprint density at radius 1 is 1.19 bits per heavy atom. The summed E-state index contributed by atoms with van der Waals surface area (Å²) >= 11 is 7.15. The third-order valence-corrected chi connectivity index (χ3v) is 4.35. The summed E-state index contributed by atoms with van der Waals surface area (Å²) in [6, 6.07) is 12.6. The van der Waals surface area contributed by atoms with Crippen LogP contribution in [0.5, 0.6) is 0 Å². The molecule has 1 heterocycles. The fraction of sp³-hybridized carbons (Fsp3) is 0.0625. The minimum atomic E-state index is -0.506. The average molecular weight is 391 g/mol. The normalized spacial score (nSPS) is 10.5. The monoisotopic (exact) mass is 390 g/mol. The smallest absolute Gasteiger partial charge is 0.277 e. The molecule has 3 rings (SSSR count). The van der Waals surface area contributed by atoms with Gasteiger partial charge in [0.05, 0.1) is 21.3 Å². The van der Waals surface area contributed by atoms with Crippen LogP contribution >= 0.6 is 23.4 Å². The number of aromatic nitrogens is 2. The molecule has 0 saturated carbocycles. The van der Waals surface area contributed by atoms with Crippen molar-refractivity contribution in [1.29, 1.82) is 0 Å². The van der Waals surface area contributed by atoms with E-state index in [-0.39, 0.29) is 28.5 Å². The Balaban J connectivity index is 1.56. The van der Waals surface area contributed by atoms with E-state index in [1.54, 1.807) is 24.3 Å². The number of carbonyl (C=O) groups excluding carboxylic acids is 1. The van der Waals surface area contributed by atoms with Crippen molar-refractivity contribution in [1.82, 2.24) is 10.2 Å². The molecular weight excluding hydrogens is 380 g/mol. The first-order chi connectivity index (χ1) is 12.5. The average Bonchev–Trinajstić information content (AvgIpc) is 3.09. The standard InChI is InChI=1S/C16H11ClN4O4S/c17-13-4-2-1-3-12(13)15-19-20-16(25-15)26-9-14(22)18-10-5-7-11(8-6-10)21(23)24/h1-8H,9H2,(H,18,22). The van der Waals surface area contributed by atoms with E-state index < -0.39 is 4.92 Å². The van der Waals surface area contributed by atoms with Gasteiger partial charge in [0, 0.05) is 17.8 Å². The second-order valence-electron chi connectivity index (χ2n) is 4.99. The fourth-order valence-electron chi connectivity index (χ4n) is 2.00. The van der Waals surface area contributed by atoms with Crippen molar-refractivity contribution in [3.8, 4) is 11.5 Å². The third kappa shape index (κ3) is 4.38. The number of nitro groups is 1. The zero-order valence-corrected chi connectivity index (χ0v) is 14.7. The van der Waals surface area contributed by atoms with Crippen LogP contribution in [0.2, 0.25) is 5.02 Å². The van der Waals surface area contributed by atoms with Gasteiger partial charge in [-0.3, -0.25) is 14.9 Å². The number of nitro benzene ring substituents is 1. The van der Waals surface area contributed by atoms with E-state index in [2.05, 4.69) is 15.5 Å². The van der Waals surface area contributed by atoms with Crippen LogP contribution < -0.4 is 5.32 Å². The Bertz CT molecular complexity index is 945. The van der Waals surface area contributed by atoms with Crippen LogP contribution in [0, 0.1) is 10.1 Å². The highest BCUT2D eigenvalue weighted by atomic mass is 35.5. The van der Waals surface area contributed by atoms with Crippen molar-refractivity contribution in [3.05, 3.63) is 63.7 Å². The second kappa shape index (κ2) is 7.98. The first-order valence-corrected chi connectivity index (χ1v) is 8.65. The molecule has 132 valence electrons. The maximum absolute atomic E-state index is 12.0. The molecule has 1 aromatic heterocycles. The van der Waals surface area contributed by atoms with E-state index >= 15 is 0 Å². The topological polar surface area (TPSA) is 111 Å². The predicted molar refractivity (Wildman–Crippen MR) is 97.2 cm³/mol. The zero-order valence-electron chi connectivity index (χ0n) is 13.1. The van der Waals surface area contributed by atoms with Crippen LogP contribution in [0.4, 0.5) is 11.4 Å². The summed E-state index contributed by atoms with van der Waals surface area (Å²) in [6.07, 6.45) is 0. The van der Waals surface area contributed by atoms with Gasteiger partial charge in [0.1, 0.15) is 0 Å². The van der Waals surface area contributed by atoms with Gasteiger partial charge in [-0.15, -0.1) is 10.2 Å². The highest BCUT2D eigenvalue weighted by Gasteiger charge is 2.13. The zero-order chi connectivity index (χ0) is 18.5. The van der Waals surface area contributed by atoms with Crippen molar-refractivity contribution in [2.45, 2.75) is 5.22 Å². The lowest BCUT2D eigenvalue weighted by molar-refractivity contribution is -0.384. The minimum absolute atomic E-state index is 0.0428. The van der Waals surface area contributed by atoms with Crippen molar-refractivity contribution in [2.24, 2.45) is 0 Å². The number of anilines is 1. The van der Waals surface area contributed by atoms with E-state index in [4.69, 9.17) is 16.0 Å². The molecule has 1 amide bonds. The number of thioether (sulfide) groups is 1. The first kappa shape index (κ1) is 17.9. The molecule has 0 atom stereocenters. The summed E-state index contributed by atoms with van der Waals surface area (Å²) in [7, 11) is 0. The SMILES string of the molecule is O=C(CSc1nnc(-c2ccccc2Cl)o1)Nc1ccc([N+](=O)[O-])cc1. The third-order valence-electron chi connectivity index (χ3n) is 3.20. The molecular formula is C16H11ClN4O4S. The molecule has 0 fully saturated rings. The van der Waals surface area contributed by atoms with Gasteiger partial charge in [0.2, 0.25) is 11.8 Å². The Hall–Kier alpha value is -2.91. The lowest BCUT2D eigenvalue weighted by Crippen LogP contribution is -2.13. The van der Waals surface area contributed by atoms with Crippen LogP contribution in [0.15, 0.2) is 58.2 Å². The summed E-state index contributed by atoms with van der Waals surface area (Å²) in [6.45, 7) is 0. The molecule has 8 nitrogen and oxygen atoms in total. The lowest BCUT2D eigenvalue weighted by atomic mass is 10.2. The van der Waals surface area contributed by atoms with Crippen LogP contribution in [0.1, 0.15) is 0 Å². The number of halogens is 1. The highest BCUT2D eigenvalue weighted by molar-refractivity contribution is 7.99. The summed E-state index contributed by atoms with van der Waals surface area (Å²) < 4.78 is 5.49. The van der Waals surface area contributed by atoms with Gasteiger partial charge in [-0.1, -0.05) is 35.5 Å². The van der Waals surface area contributed by atoms with Crippen molar-refractivity contribution in [2.75, 3.05) is 11.1 Å². The number of rotatable bonds is 6. The number of amides is 1. The maximum atomic E-state index is 12.0. The van der Waals surface area contributed by atoms with E-state index in [0.717, 1.165) is 11.8 Å². The predicted octanol–water partition coefficient (Wildman–Crippen LogP) is 4.03. The number of non-ortho nitro benzene ring substituents is 1. The molecule has 0 saturated heterocycles. The molecule has 0 radical (unpaired) electrons. The number of carbonyl (C=O) groups is 1. The van der Waals surface area contributed by atoms with Crippen LogP contribution in [0.25, 0.3) is 11.5 Å². The van der Waals surface area contributed by atoms with Gasteiger partial charge in [0.15, 0.2) is 0 Å². The van der Waals surface area contributed by atoms with Gasteiger partial charge in [-0.2, -0.15) is 0 Å². The summed E-state index contributed by atoms with van der Waals surface area (Å²) in [5.41, 5.74) is 1.03. The number of nitrogens with one attached hydrogen (secondary N) is 1. The molecule has 0 aliphatic heterocycles. The molecule has 0 aliphatic carbocycles. The van der Waals surface area contributed by atoms with Crippen LogP contribution in [-0.2, 0) is 4.79 Å². The van der Waals surface area contributed by atoms with Gasteiger partial charge in [0.25, 0.3) is 10.9 Å². The number of hydrogen-bond acceptors (Lipinski definition) is 7. The van der Waals surface area contributed by atoms with E-state index in [1.165, 1.54) is 24.3 Å². The highest BCUT2D eigenvalue weighted by Crippen LogP contribution is 2.28. The molecule has 2 aromatic carbocycles. The van der Waals surface area contributed by atoms with Gasteiger partial charge < -0.3 is 9.73 Å². The van der Waals surface area contributed by atoms with E-state index in [1.807, 2.05) is 0 Å². The summed E-state index contributed by atoms with van der Waals surface area (Å²) in [4.78, 5) is 22.1. The van der Waals surface area contributed by atoms with E-state index in [9.17, 15) is 14.9 Å². The quantitative estimate of drug-likeness (QED) is 0.384. The molecule has 1 N–H and O–H groups in total. The molecule has 0 aliphatic rings. The fourth-order valence-corrected chi connectivity index (χ4v) is 2.78. The second-order valence-corrected chi connectivity index (χ2v) is 6.33. The molecule has 0 spiro atoms. The van der Waals surface area contributed by atoms with E-state index in [0.29, 0.717) is 16.3 Å². The molecule has 0 unspecified atom stereocenters. The Labute approximate surface area is 156 Å². The molecule has 26 heavy (non-hydrogen) atoms. The van der Waals surface area contributed by atoms with Crippen molar-refractivity contribution >= 4 is 40.6 Å².